The van der Waals surface area contributed by atoms with Crippen LogP contribution >= 0.6 is 11.8 Å². The Kier molecular flexibility index (Phi) is 3.43. The average molecular weight is 367 g/mol. The Morgan fingerprint density at radius 3 is 2.96 bits per heavy atom. The van der Waals surface area contributed by atoms with Crippen LogP contribution in [0.1, 0.15) is 5.56 Å². The van der Waals surface area contributed by atoms with E-state index in [0.717, 1.165) is 17.6 Å². The van der Waals surface area contributed by atoms with Crippen LogP contribution in [0.3, 0.4) is 0 Å². The lowest BCUT2D eigenvalue weighted by Crippen LogP contribution is -2.42. The van der Waals surface area contributed by atoms with Gasteiger partial charge in [-0.05, 0) is 19.1 Å². The Hall–Kier alpha value is -2.61. The predicted molar refractivity (Wildman–Crippen MR) is 99.5 cm³/mol. The summed E-state index contributed by atoms with van der Waals surface area (Å²) in [5, 5.41) is 0.693. The third-order valence-electron chi connectivity index (χ3n) is 5.04. The SMILES string of the molecule is Cc1cnc2n(c1=O)C[C@@H](C(=O)N1CCn3c1nc1ccccc13)CS2. The zero-order valence-corrected chi connectivity index (χ0v) is 15.1. The Balaban J connectivity index is 1.47. The van der Waals surface area contributed by atoms with E-state index in [9.17, 15) is 9.59 Å². The number of hydrogen-bond acceptors (Lipinski definition) is 5. The highest BCUT2D eigenvalue weighted by Gasteiger charge is 2.35. The van der Waals surface area contributed by atoms with Crippen molar-refractivity contribution in [1.82, 2.24) is 19.1 Å². The molecule has 0 unspecified atom stereocenters. The maximum atomic E-state index is 13.2. The maximum Gasteiger partial charge on any atom is 0.257 e. The van der Waals surface area contributed by atoms with Gasteiger partial charge < -0.3 is 4.57 Å². The van der Waals surface area contributed by atoms with E-state index in [2.05, 4.69) is 14.5 Å². The Morgan fingerprint density at radius 1 is 1.23 bits per heavy atom. The van der Waals surface area contributed by atoms with Crippen molar-refractivity contribution in [2.75, 3.05) is 17.2 Å². The van der Waals surface area contributed by atoms with Crippen LogP contribution in [-0.4, -0.2) is 37.3 Å². The van der Waals surface area contributed by atoms with E-state index in [-0.39, 0.29) is 17.4 Å². The number of benzene rings is 1. The smallest absolute Gasteiger partial charge is 0.257 e. The summed E-state index contributed by atoms with van der Waals surface area (Å²) in [6.45, 7) is 3.51. The summed E-state index contributed by atoms with van der Waals surface area (Å²) in [7, 11) is 0. The van der Waals surface area contributed by atoms with Crippen LogP contribution in [0, 0.1) is 12.8 Å². The second kappa shape index (κ2) is 5.70. The molecule has 2 aliphatic rings. The summed E-state index contributed by atoms with van der Waals surface area (Å²) in [6, 6.07) is 7.93. The number of thioether (sulfide) groups is 1. The van der Waals surface area contributed by atoms with Gasteiger partial charge in [-0.15, -0.1) is 0 Å². The third-order valence-corrected chi connectivity index (χ3v) is 6.19. The molecule has 2 aromatic heterocycles. The molecule has 0 saturated carbocycles. The molecular weight excluding hydrogens is 350 g/mol. The van der Waals surface area contributed by atoms with Crippen LogP contribution in [0.2, 0.25) is 0 Å². The van der Waals surface area contributed by atoms with Crippen molar-refractivity contribution in [1.29, 1.82) is 0 Å². The number of carbonyl (C=O) groups is 1. The minimum absolute atomic E-state index is 0.0330. The summed E-state index contributed by atoms with van der Waals surface area (Å²) < 4.78 is 3.72. The van der Waals surface area contributed by atoms with Gasteiger partial charge >= 0.3 is 0 Å². The second-order valence-electron chi connectivity index (χ2n) is 6.69. The van der Waals surface area contributed by atoms with Gasteiger partial charge in [0.25, 0.3) is 5.56 Å². The van der Waals surface area contributed by atoms with Gasteiger partial charge in [0.1, 0.15) is 0 Å². The molecule has 2 aliphatic heterocycles. The molecule has 0 saturated heterocycles. The van der Waals surface area contributed by atoms with Gasteiger partial charge in [-0.1, -0.05) is 23.9 Å². The topological polar surface area (TPSA) is 73.0 Å². The van der Waals surface area contributed by atoms with Crippen molar-refractivity contribution in [2.24, 2.45) is 5.92 Å². The Labute approximate surface area is 153 Å². The summed E-state index contributed by atoms with van der Waals surface area (Å²) in [5.74, 6) is 1.12. The molecule has 1 amide bonds. The summed E-state index contributed by atoms with van der Waals surface area (Å²) in [4.78, 5) is 36.3. The fraction of sp³-hybridized carbons (Fsp3) is 0.333. The Morgan fingerprint density at radius 2 is 2.08 bits per heavy atom. The molecule has 132 valence electrons. The van der Waals surface area contributed by atoms with E-state index < -0.39 is 0 Å². The van der Waals surface area contributed by atoms with Crippen LogP contribution in [0.5, 0.6) is 0 Å². The first kappa shape index (κ1) is 15.6. The number of nitrogens with zero attached hydrogens (tertiary/aromatic N) is 5. The molecule has 0 aliphatic carbocycles. The van der Waals surface area contributed by atoms with Crippen molar-refractivity contribution >= 4 is 34.7 Å². The highest BCUT2D eigenvalue weighted by Crippen LogP contribution is 2.31. The van der Waals surface area contributed by atoms with Gasteiger partial charge in [0, 0.05) is 37.1 Å². The molecule has 0 bridgehead atoms. The van der Waals surface area contributed by atoms with E-state index in [4.69, 9.17) is 0 Å². The molecule has 3 aromatic rings. The van der Waals surface area contributed by atoms with E-state index in [1.54, 1.807) is 22.6 Å². The van der Waals surface area contributed by atoms with Crippen LogP contribution in [0.4, 0.5) is 5.95 Å². The fourth-order valence-electron chi connectivity index (χ4n) is 3.67. The van der Waals surface area contributed by atoms with Crippen LogP contribution in [0.25, 0.3) is 11.0 Å². The number of aromatic nitrogens is 4. The van der Waals surface area contributed by atoms with Gasteiger partial charge in [-0.2, -0.15) is 0 Å². The van der Waals surface area contributed by atoms with E-state index in [1.165, 1.54) is 11.8 Å². The molecule has 0 radical (unpaired) electrons. The van der Waals surface area contributed by atoms with Crippen molar-refractivity contribution in [3.63, 3.8) is 0 Å². The molecule has 1 aromatic carbocycles. The van der Waals surface area contributed by atoms with Gasteiger partial charge in [0.05, 0.1) is 17.0 Å². The fourth-order valence-corrected chi connectivity index (χ4v) is 4.71. The molecule has 8 heteroatoms. The minimum Gasteiger partial charge on any atom is -0.308 e. The van der Waals surface area contributed by atoms with E-state index in [0.29, 0.717) is 35.5 Å². The lowest BCUT2D eigenvalue weighted by atomic mass is 10.1. The summed E-state index contributed by atoms with van der Waals surface area (Å²) in [6.07, 6.45) is 1.60. The number of para-hydroxylation sites is 2. The Bertz CT molecular complexity index is 1100. The lowest BCUT2D eigenvalue weighted by molar-refractivity contribution is -0.122. The van der Waals surface area contributed by atoms with Gasteiger partial charge in [-0.3, -0.25) is 19.1 Å². The minimum atomic E-state index is -0.250. The normalized spacial score (nSPS) is 18.8. The number of hydrogen-bond donors (Lipinski definition) is 0. The first-order valence-corrected chi connectivity index (χ1v) is 9.58. The number of rotatable bonds is 1. The molecular formula is C18H17N5O2S. The van der Waals surface area contributed by atoms with Crippen molar-refractivity contribution in [2.45, 2.75) is 25.2 Å². The number of fused-ring (bicyclic) bond motifs is 4. The number of carbonyl (C=O) groups excluding carboxylic acids is 1. The molecule has 0 N–H and O–H groups in total. The van der Waals surface area contributed by atoms with E-state index in [1.807, 2.05) is 24.3 Å². The average Bonchev–Trinajstić information content (AvgIpc) is 3.23. The first-order valence-electron chi connectivity index (χ1n) is 8.59. The monoisotopic (exact) mass is 367 g/mol. The molecule has 26 heavy (non-hydrogen) atoms. The largest absolute Gasteiger partial charge is 0.308 e. The standard InChI is InChI=1S/C18H17N5O2S/c1-11-8-19-18-23(15(11)24)9-12(10-26-18)16(25)22-7-6-21-14-5-3-2-4-13(14)20-17(21)22/h2-5,8,12H,6-7,9-10H2,1H3/t12-/m1/s1. The van der Waals surface area contributed by atoms with Crippen molar-refractivity contribution in [3.8, 4) is 0 Å². The second-order valence-corrected chi connectivity index (χ2v) is 7.68. The maximum absolute atomic E-state index is 13.2. The van der Waals surface area contributed by atoms with Gasteiger partial charge in [0.15, 0.2) is 5.16 Å². The highest BCUT2D eigenvalue weighted by atomic mass is 32.2. The number of aryl methyl sites for hydroxylation is 1. The molecule has 0 spiro atoms. The van der Waals surface area contributed by atoms with Gasteiger partial charge in [-0.25, -0.2) is 9.97 Å². The highest BCUT2D eigenvalue weighted by molar-refractivity contribution is 7.99. The first-order chi connectivity index (χ1) is 12.6. The van der Waals surface area contributed by atoms with E-state index >= 15 is 0 Å². The third kappa shape index (κ3) is 2.21. The molecule has 4 heterocycles. The van der Waals surface area contributed by atoms with Crippen LogP contribution in [-0.2, 0) is 17.9 Å². The molecule has 1 atom stereocenters. The molecule has 7 nitrogen and oxygen atoms in total. The van der Waals surface area contributed by atoms with Crippen LogP contribution in [0.15, 0.2) is 40.4 Å². The lowest BCUT2D eigenvalue weighted by Gasteiger charge is -2.27. The predicted octanol–water partition coefficient (Wildman–Crippen LogP) is 1.67. The van der Waals surface area contributed by atoms with Gasteiger partial charge in [0.2, 0.25) is 11.9 Å². The molecule has 5 rings (SSSR count). The molecule has 0 fully saturated rings. The number of amides is 1. The summed E-state index contributed by atoms with van der Waals surface area (Å²) in [5.41, 5.74) is 2.50. The van der Waals surface area contributed by atoms with Crippen molar-refractivity contribution in [3.05, 3.63) is 46.4 Å². The quantitative estimate of drug-likeness (QED) is 0.612. The van der Waals surface area contributed by atoms with Crippen LogP contribution < -0.4 is 10.5 Å². The number of anilines is 1. The zero-order chi connectivity index (χ0) is 17.8. The van der Waals surface area contributed by atoms with Crippen molar-refractivity contribution < 1.29 is 4.79 Å². The zero-order valence-electron chi connectivity index (χ0n) is 14.3. The number of imidazole rings is 1. The summed E-state index contributed by atoms with van der Waals surface area (Å²) >= 11 is 1.47.